The molecule has 0 aromatic heterocycles. The van der Waals surface area contributed by atoms with Gasteiger partial charge in [0.15, 0.2) is 0 Å². The number of hydrogen-bond acceptors (Lipinski definition) is 3. The highest BCUT2D eigenvalue weighted by atomic mass is 16.5. The second kappa shape index (κ2) is 6.16. The summed E-state index contributed by atoms with van der Waals surface area (Å²) in [5.41, 5.74) is 3.90. The Labute approximate surface area is 126 Å². The van der Waals surface area contributed by atoms with Crippen molar-refractivity contribution in [2.24, 2.45) is 0 Å². The Morgan fingerprint density at radius 3 is 3.00 bits per heavy atom. The Hall–Kier alpha value is -1.39. The van der Waals surface area contributed by atoms with Crippen LogP contribution in [0.4, 0.5) is 0 Å². The molecule has 3 rings (SSSR count). The molecule has 2 aliphatic rings. The fourth-order valence-corrected chi connectivity index (χ4v) is 3.40. The van der Waals surface area contributed by atoms with Crippen molar-refractivity contribution in [3.8, 4) is 0 Å². The third kappa shape index (κ3) is 2.83. The van der Waals surface area contributed by atoms with Gasteiger partial charge in [-0.1, -0.05) is 18.2 Å². The van der Waals surface area contributed by atoms with Crippen LogP contribution in [0.1, 0.15) is 35.6 Å². The zero-order chi connectivity index (χ0) is 14.8. The number of ether oxygens (including phenoxy) is 1. The lowest BCUT2D eigenvalue weighted by Crippen LogP contribution is -2.49. The molecule has 1 aromatic carbocycles. The largest absolute Gasteiger partial charge is 0.366 e. The van der Waals surface area contributed by atoms with Gasteiger partial charge in [0.2, 0.25) is 0 Å². The zero-order valence-corrected chi connectivity index (χ0v) is 12.9. The molecule has 4 heteroatoms. The van der Waals surface area contributed by atoms with E-state index in [0.717, 1.165) is 25.9 Å². The summed E-state index contributed by atoms with van der Waals surface area (Å²) < 4.78 is 5.64. The molecule has 1 amide bonds. The monoisotopic (exact) mass is 288 g/mol. The van der Waals surface area contributed by atoms with Crippen molar-refractivity contribution in [1.29, 1.82) is 0 Å². The lowest BCUT2D eigenvalue weighted by Gasteiger charge is -2.32. The highest BCUT2D eigenvalue weighted by Gasteiger charge is 2.35. The number of hydrogen-bond donors (Lipinski definition) is 1. The van der Waals surface area contributed by atoms with Gasteiger partial charge in [-0.2, -0.15) is 0 Å². The minimum Gasteiger partial charge on any atom is -0.366 e. The first-order valence-corrected chi connectivity index (χ1v) is 7.87. The fraction of sp³-hybridized carbons (Fsp3) is 0.588. The summed E-state index contributed by atoms with van der Waals surface area (Å²) >= 11 is 0. The molecule has 0 radical (unpaired) electrons. The van der Waals surface area contributed by atoms with Crippen molar-refractivity contribution in [3.05, 3.63) is 34.9 Å². The minimum atomic E-state index is -0.315. The van der Waals surface area contributed by atoms with E-state index in [-0.39, 0.29) is 18.1 Å². The number of carbonyl (C=O) groups excluding carboxylic acids is 1. The van der Waals surface area contributed by atoms with Gasteiger partial charge in [0.05, 0.1) is 12.6 Å². The SMILES string of the molecule is Cc1cccc(C2CCCN2C(=O)C2CNCCO2)c1C. The van der Waals surface area contributed by atoms with E-state index in [1.807, 2.05) is 4.90 Å². The van der Waals surface area contributed by atoms with E-state index < -0.39 is 0 Å². The molecule has 4 nitrogen and oxygen atoms in total. The van der Waals surface area contributed by atoms with Crippen molar-refractivity contribution >= 4 is 5.91 Å². The van der Waals surface area contributed by atoms with Crippen LogP contribution in [0.25, 0.3) is 0 Å². The fourth-order valence-electron chi connectivity index (χ4n) is 3.40. The molecule has 114 valence electrons. The van der Waals surface area contributed by atoms with Crippen LogP contribution in [0.3, 0.4) is 0 Å². The summed E-state index contributed by atoms with van der Waals surface area (Å²) in [5.74, 6) is 0.144. The van der Waals surface area contributed by atoms with E-state index in [2.05, 4.69) is 37.4 Å². The predicted molar refractivity (Wildman–Crippen MR) is 82.2 cm³/mol. The summed E-state index contributed by atoms with van der Waals surface area (Å²) in [6.45, 7) is 7.23. The van der Waals surface area contributed by atoms with E-state index in [1.54, 1.807) is 0 Å². The molecule has 1 aromatic rings. The number of nitrogens with zero attached hydrogens (tertiary/aromatic N) is 1. The maximum atomic E-state index is 12.7. The van der Waals surface area contributed by atoms with Crippen LogP contribution >= 0.6 is 0 Å². The zero-order valence-electron chi connectivity index (χ0n) is 12.9. The second-order valence-electron chi connectivity index (χ2n) is 6.04. The highest BCUT2D eigenvalue weighted by molar-refractivity contribution is 5.82. The lowest BCUT2D eigenvalue weighted by molar-refractivity contribution is -0.146. The van der Waals surface area contributed by atoms with Gasteiger partial charge in [-0.25, -0.2) is 0 Å². The predicted octanol–water partition coefficient (Wildman–Crippen LogP) is 1.96. The quantitative estimate of drug-likeness (QED) is 0.904. The third-order valence-electron chi connectivity index (χ3n) is 4.74. The summed E-state index contributed by atoms with van der Waals surface area (Å²) in [4.78, 5) is 14.8. The van der Waals surface area contributed by atoms with Gasteiger partial charge >= 0.3 is 0 Å². The molecule has 2 unspecified atom stereocenters. The summed E-state index contributed by atoms with van der Waals surface area (Å²) in [5, 5.41) is 3.24. The van der Waals surface area contributed by atoms with Gasteiger partial charge in [0.25, 0.3) is 5.91 Å². The summed E-state index contributed by atoms with van der Waals surface area (Å²) in [6, 6.07) is 6.60. The first-order chi connectivity index (χ1) is 10.2. The third-order valence-corrected chi connectivity index (χ3v) is 4.74. The lowest BCUT2D eigenvalue weighted by atomic mass is 9.96. The van der Waals surface area contributed by atoms with Crippen molar-refractivity contribution in [3.63, 3.8) is 0 Å². The average Bonchev–Trinajstić information content (AvgIpc) is 2.99. The van der Waals surface area contributed by atoms with Crippen LogP contribution in [-0.2, 0) is 9.53 Å². The number of nitrogens with one attached hydrogen (secondary N) is 1. The van der Waals surface area contributed by atoms with Crippen LogP contribution in [0.2, 0.25) is 0 Å². The van der Waals surface area contributed by atoms with Crippen LogP contribution in [-0.4, -0.2) is 43.2 Å². The molecule has 0 saturated carbocycles. The highest BCUT2D eigenvalue weighted by Crippen LogP contribution is 2.35. The molecular weight excluding hydrogens is 264 g/mol. The molecule has 2 fully saturated rings. The Kier molecular flexibility index (Phi) is 4.27. The molecule has 2 saturated heterocycles. The first kappa shape index (κ1) is 14.5. The van der Waals surface area contributed by atoms with E-state index in [4.69, 9.17) is 4.74 Å². The molecule has 0 bridgehead atoms. The number of rotatable bonds is 2. The van der Waals surface area contributed by atoms with Crippen molar-refractivity contribution in [1.82, 2.24) is 10.2 Å². The second-order valence-corrected chi connectivity index (χ2v) is 6.04. The van der Waals surface area contributed by atoms with Gasteiger partial charge < -0.3 is 15.0 Å². The van der Waals surface area contributed by atoms with Crippen molar-refractivity contribution < 1.29 is 9.53 Å². The molecule has 0 spiro atoms. The first-order valence-electron chi connectivity index (χ1n) is 7.87. The van der Waals surface area contributed by atoms with E-state index >= 15 is 0 Å². The number of aryl methyl sites for hydroxylation is 1. The maximum absolute atomic E-state index is 12.7. The number of likely N-dealkylation sites (tertiary alicyclic amines) is 1. The van der Waals surface area contributed by atoms with Gasteiger partial charge in [-0.05, 0) is 43.4 Å². The van der Waals surface area contributed by atoms with Gasteiger partial charge in [-0.15, -0.1) is 0 Å². The van der Waals surface area contributed by atoms with Gasteiger partial charge in [0, 0.05) is 19.6 Å². The topological polar surface area (TPSA) is 41.6 Å². The molecule has 0 aliphatic carbocycles. The Morgan fingerprint density at radius 1 is 1.38 bits per heavy atom. The Balaban J connectivity index is 1.81. The Morgan fingerprint density at radius 2 is 2.24 bits per heavy atom. The molecule has 1 N–H and O–H groups in total. The molecular formula is C17H24N2O2. The summed E-state index contributed by atoms with van der Waals surface area (Å²) in [6.07, 6.45) is 1.81. The van der Waals surface area contributed by atoms with E-state index in [0.29, 0.717) is 13.2 Å². The van der Waals surface area contributed by atoms with E-state index in [9.17, 15) is 4.79 Å². The van der Waals surface area contributed by atoms with Crippen LogP contribution in [0.5, 0.6) is 0 Å². The molecule has 2 atom stereocenters. The minimum absolute atomic E-state index is 0.144. The van der Waals surface area contributed by atoms with Gasteiger partial charge in [0.1, 0.15) is 6.10 Å². The van der Waals surface area contributed by atoms with Crippen LogP contribution in [0.15, 0.2) is 18.2 Å². The Bertz CT molecular complexity index is 524. The average molecular weight is 288 g/mol. The summed E-state index contributed by atoms with van der Waals surface area (Å²) in [7, 11) is 0. The van der Waals surface area contributed by atoms with Crippen molar-refractivity contribution in [2.45, 2.75) is 38.8 Å². The standard InChI is InChI=1S/C17H24N2O2/c1-12-5-3-6-14(13(12)2)15-7-4-9-19(15)17(20)16-11-18-8-10-21-16/h3,5-6,15-16,18H,4,7-11H2,1-2H3. The molecule has 2 aliphatic heterocycles. The number of amides is 1. The number of benzene rings is 1. The smallest absolute Gasteiger partial charge is 0.253 e. The number of morpholine rings is 1. The van der Waals surface area contributed by atoms with Crippen LogP contribution in [0, 0.1) is 13.8 Å². The van der Waals surface area contributed by atoms with Crippen molar-refractivity contribution in [2.75, 3.05) is 26.2 Å². The molecule has 2 heterocycles. The maximum Gasteiger partial charge on any atom is 0.253 e. The van der Waals surface area contributed by atoms with E-state index in [1.165, 1.54) is 16.7 Å². The van der Waals surface area contributed by atoms with Gasteiger partial charge in [-0.3, -0.25) is 4.79 Å². The van der Waals surface area contributed by atoms with Crippen LogP contribution < -0.4 is 5.32 Å². The number of carbonyl (C=O) groups is 1. The molecule has 21 heavy (non-hydrogen) atoms. The normalized spacial score (nSPS) is 26.1.